The average Bonchev–Trinajstić information content (AvgIpc) is 2.24. The highest BCUT2D eigenvalue weighted by atomic mass is 35.5. The van der Waals surface area contributed by atoms with E-state index in [-0.39, 0.29) is 6.61 Å². The Labute approximate surface area is 109 Å². The first kappa shape index (κ1) is 13.6. The van der Waals surface area contributed by atoms with E-state index in [9.17, 15) is 4.79 Å². The van der Waals surface area contributed by atoms with Crippen molar-refractivity contribution in [3.8, 4) is 0 Å². The van der Waals surface area contributed by atoms with Crippen molar-refractivity contribution in [2.45, 2.75) is 26.4 Å². The Morgan fingerprint density at radius 3 is 2.62 bits per heavy atom. The van der Waals surface area contributed by atoms with E-state index < -0.39 is 5.43 Å². The number of benzene rings is 1. The molecule has 5 heteroatoms. The second kappa shape index (κ2) is 6.33. The summed E-state index contributed by atoms with van der Waals surface area (Å²) in [5.41, 5.74) is 0.924. The molecule has 0 N–H and O–H groups in total. The van der Waals surface area contributed by atoms with E-state index in [4.69, 9.17) is 39.5 Å². The van der Waals surface area contributed by atoms with Crippen molar-refractivity contribution >= 4 is 40.2 Å². The lowest BCUT2D eigenvalue weighted by Gasteiger charge is -2.11. The quantitative estimate of drug-likeness (QED) is 0.740. The van der Waals surface area contributed by atoms with Crippen molar-refractivity contribution in [1.82, 2.24) is 0 Å². The van der Waals surface area contributed by atoms with Gasteiger partial charge in [0.1, 0.15) is 6.61 Å². The SMILES string of the molecule is CCCc1c(COC(=O)Cl)ccc(Cl)c1Cl. The summed E-state index contributed by atoms with van der Waals surface area (Å²) in [7, 11) is 0. The van der Waals surface area contributed by atoms with Gasteiger partial charge in [-0.3, -0.25) is 0 Å². The molecule has 0 aromatic heterocycles. The van der Waals surface area contributed by atoms with E-state index in [0.717, 1.165) is 24.0 Å². The maximum Gasteiger partial charge on any atom is 0.404 e. The Morgan fingerprint density at radius 1 is 1.38 bits per heavy atom. The van der Waals surface area contributed by atoms with Crippen molar-refractivity contribution in [2.24, 2.45) is 0 Å². The van der Waals surface area contributed by atoms with Crippen LogP contribution in [0.1, 0.15) is 24.5 Å². The zero-order valence-corrected chi connectivity index (χ0v) is 11.0. The van der Waals surface area contributed by atoms with Gasteiger partial charge in [0.15, 0.2) is 0 Å². The molecule has 0 atom stereocenters. The molecular formula is C11H11Cl3O2. The number of halogens is 3. The van der Waals surface area contributed by atoms with Crippen LogP contribution in [0.2, 0.25) is 10.0 Å². The number of carbonyl (C=O) groups is 1. The highest BCUT2D eigenvalue weighted by Gasteiger charge is 2.11. The third-order valence-corrected chi connectivity index (χ3v) is 3.09. The lowest BCUT2D eigenvalue weighted by Crippen LogP contribution is -2.00. The molecule has 0 spiro atoms. The highest BCUT2D eigenvalue weighted by molar-refractivity contribution is 6.61. The molecule has 1 rings (SSSR count). The molecule has 0 aliphatic carbocycles. The molecule has 0 aliphatic rings. The Bertz CT molecular complexity index is 391. The molecule has 0 bridgehead atoms. The summed E-state index contributed by atoms with van der Waals surface area (Å²) in [5.74, 6) is 0. The molecule has 0 heterocycles. The number of carbonyl (C=O) groups excluding carboxylic acids is 1. The molecule has 16 heavy (non-hydrogen) atoms. The molecule has 1 aromatic carbocycles. The van der Waals surface area contributed by atoms with Gasteiger partial charge in [0.05, 0.1) is 10.0 Å². The van der Waals surface area contributed by atoms with E-state index in [0.29, 0.717) is 10.0 Å². The van der Waals surface area contributed by atoms with E-state index in [1.807, 2.05) is 6.92 Å². The fourth-order valence-corrected chi connectivity index (χ4v) is 1.93. The van der Waals surface area contributed by atoms with Crippen molar-refractivity contribution in [2.75, 3.05) is 0 Å². The van der Waals surface area contributed by atoms with Gasteiger partial charge in [-0.25, -0.2) is 4.79 Å². The fraction of sp³-hybridized carbons (Fsp3) is 0.364. The number of ether oxygens (including phenoxy) is 1. The molecular weight excluding hydrogens is 270 g/mol. The summed E-state index contributed by atoms with van der Waals surface area (Å²) in [4.78, 5) is 10.5. The van der Waals surface area contributed by atoms with E-state index >= 15 is 0 Å². The zero-order valence-electron chi connectivity index (χ0n) is 8.73. The maximum atomic E-state index is 10.5. The fourth-order valence-electron chi connectivity index (χ4n) is 1.42. The molecule has 0 fully saturated rings. The molecule has 0 saturated carbocycles. The molecule has 0 saturated heterocycles. The van der Waals surface area contributed by atoms with Gasteiger partial charge in [0, 0.05) is 11.6 Å². The third-order valence-electron chi connectivity index (χ3n) is 2.13. The van der Waals surface area contributed by atoms with Crippen LogP contribution in [-0.4, -0.2) is 5.43 Å². The summed E-state index contributed by atoms with van der Waals surface area (Å²) in [5, 5.41) is 1.03. The predicted octanol–water partition coefficient (Wildman–Crippen LogP) is 4.82. The van der Waals surface area contributed by atoms with Crippen LogP contribution in [0, 0.1) is 0 Å². The summed E-state index contributed by atoms with van der Waals surface area (Å²) < 4.78 is 4.73. The van der Waals surface area contributed by atoms with E-state index in [2.05, 4.69) is 0 Å². The number of hydrogen-bond acceptors (Lipinski definition) is 2. The van der Waals surface area contributed by atoms with Crippen LogP contribution in [-0.2, 0) is 17.8 Å². The standard InChI is InChI=1S/C11H11Cl3O2/c1-2-3-8-7(6-16-11(14)15)4-5-9(12)10(8)13/h4-5H,2-3,6H2,1H3. The first-order valence-electron chi connectivity index (χ1n) is 4.84. The Kier molecular flexibility index (Phi) is 5.39. The normalized spacial score (nSPS) is 10.2. The van der Waals surface area contributed by atoms with Gasteiger partial charge >= 0.3 is 5.43 Å². The Hall–Kier alpha value is -0.440. The first-order chi connectivity index (χ1) is 7.56. The van der Waals surface area contributed by atoms with Crippen molar-refractivity contribution < 1.29 is 9.53 Å². The molecule has 2 nitrogen and oxygen atoms in total. The van der Waals surface area contributed by atoms with Crippen molar-refractivity contribution in [3.05, 3.63) is 33.3 Å². The molecule has 0 aliphatic heterocycles. The average molecular weight is 282 g/mol. The largest absolute Gasteiger partial charge is 0.449 e. The Morgan fingerprint density at radius 2 is 2.06 bits per heavy atom. The van der Waals surface area contributed by atoms with Gasteiger partial charge < -0.3 is 4.74 Å². The molecule has 0 amide bonds. The summed E-state index contributed by atoms with van der Waals surface area (Å²) in [6, 6.07) is 3.47. The van der Waals surface area contributed by atoms with Crippen LogP contribution in [0.4, 0.5) is 4.79 Å². The zero-order chi connectivity index (χ0) is 12.1. The minimum atomic E-state index is -0.825. The van der Waals surface area contributed by atoms with Crippen LogP contribution >= 0.6 is 34.8 Å². The minimum absolute atomic E-state index is 0.120. The van der Waals surface area contributed by atoms with Gasteiger partial charge in [-0.2, -0.15) is 0 Å². The van der Waals surface area contributed by atoms with Crippen LogP contribution in [0.5, 0.6) is 0 Å². The van der Waals surface area contributed by atoms with Crippen molar-refractivity contribution in [3.63, 3.8) is 0 Å². The van der Waals surface area contributed by atoms with Gasteiger partial charge in [0.2, 0.25) is 0 Å². The third kappa shape index (κ3) is 3.55. The predicted molar refractivity (Wildman–Crippen MR) is 66.5 cm³/mol. The van der Waals surface area contributed by atoms with Crippen molar-refractivity contribution in [1.29, 1.82) is 0 Å². The van der Waals surface area contributed by atoms with Gasteiger partial charge in [-0.15, -0.1) is 0 Å². The molecule has 0 unspecified atom stereocenters. The van der Waals surface area contributed by atoms with Gasteiger partial charge in [-0.1, -0.05) is 42.6 Å². The Balaban J connectivity index is 2.98. The van der Waals surface area contributed by atoms with Gasteiger partial charge in [-0.05, 0) is 23.6 Å². The van der Waals surface area contributed by atoms with Crippen LogP contribution < -0.4 is 0 Å². The second-order valence-corrected chi connectivity index (χ2v) is 4.37. The molecule has 0 radical (unpaired) electrons. The summed E-state index contributed by atoms with van der Waals surface area (Å²) in [6.45, 7) is 2.16. The summed E-state index contributed by atoms with van der Waals surface area (Å²) >= 11 is 17.1. The smallest absolute Gasteiger partial charge is 0.404 e. The lowest BCUT2D eigenvalue weighted by atomic mass is 10.0. The van der Waals surface area contributed by atoms with Gasteiger partial charge in [0.25, 0.3) is 0 Å². The van der Waals surface area contributed by atoms with Crippen LogP contribution in [0.25, 0.3) is 0 Å². The summed E-state index contributed by atoms with van der Waals surface area (Å²) in [6.07, 6.45) is 1.72. The van der Waals surface area contributed by atoms with Crippen LogP contribution in [0.3, 0.4) is 0 Å². The van der Waals surface area contributed by atoms with Crippen LogP contribution in [0.15, 0.2) is 12.1 Å². The molecule has 88 valence electrons. The second-order valence-electron chi connectivity index (χ2n) is 3.28. The number of rotatable bonds is 4. The monoisotopic (exact) mass is 280 g/mol. The highest BCUT2D eigenvalue weighted by Crippen LogP contribution is 2.30. The van der Waals surface area contributed by atoms with E-state index in [1.54, 1.807) is 12.1 Å². The lowest BCUT2D eigenvalue weighted by molar-refractivity contribution is 0.167. The molecule has 1 aromatic rings. The maximum absolute atomic E-state index is 10.5. The topological polar surface area (TPSA) is 26.3 Å². The minimum Gasteiger partial charge on any atom is -0.449 e. The number of hydrogen-bond donors (Lipinski definition) is 0. The first-order valence-corrected chi connectivity index (χ1v) is 5.97. The van der Waals surface area contributed by atoms with E-state index in [1.165, 1.54) is 0 Å².